The fraction of sp³-hybridized carbons (Fsp3) is 0.148. The van der Waals surface area contributed by atoms with E-state index in [9.17, 15) is 0 Å². The molecule has 1 fully saturated rings. The van der Waals surface area contributed by atoms with Crippen LogP contribution in [0.1, 0.15) is 60.9 Å². The molecule has 7 aromatic carbocycles. The quantitative estimate of drug-likeness (QED) is 0.170. The number of allylic oxidation sites excluding steroid dienone is 1. The molecular formula is C54H40N2S. The zero-order valence-corrected chi connectivity index (χ0v) is 32.6. The molecular weight excluding hydrogens is 709 g/mol. The number of hydrogen-bond donors (Lipinski definition) is 0. The van der Waals surface area contributed by atoms with E-state index >= 15 is 0 Å². The van der Waals surface area contributed by atoms with Crippen LogP contribution in [0.3, 0.4) is 0 Å². The van der Waals surface area contributed by atoms with Crippen LogP contribution < -0.4 is 0 Å². The van der Waals surface area contributed by atoms with Gasteiger partial charge in [-0.2, -0.15) is 0 Å². The summed E-state index contributed by atoms with van der Waals surface area (Å²) in [6.07, 6.45) is 13.2. The van der Waals surface area contributed by atoms with Crippen molar-refractivity contribution in [2.75, 3.05) is 0 Å². The third-order valence-electron chi connectivity index (χ3n) is 13.8. The SMILES string of the molecule is C1=Cc2c(n(-c3ccc4sc5ccccc5c4c3)c3cc(-c4ccc5c6cc7c(cc6n(-c6ccccc6)c5c4)-c4ccccc4C74CCCCC4)ccc23)CC1. The highest BCUT2D eigenvalue weighted by Gasteiger charge is 2.44. The molecule has 2 nitrogen and oxygen atoms in total. The van der Waals surface area contributed by atoms with Crippen molar-refractivity contribution in [1.29, 1.82) is 0 Å². The smallest absolute Gasteiger partial charge is 0.0547 e. The summed E-state index contributed by atoms with van der Waals surface area (Å²) in [4.78, 5) is 0. The highest BCUT2D eigenvalue weighted by molar-refractivity contribution is 7.25. The van der Waals surface area contributed by atoms with E-state index in [0.717, 1.165) is 12.8 Å². The molecule has 0 radical (unpaired) electrons. The second kappa shape index (κ2) is 11.9. The topological polar surface area (TPSA) is 9.86 Å². The molecule has 1 spiro atoms. The van der Waals surface area contributed by atoms with Crippen molar-refractivity contribution in [2.24, 2.45) is 0 Å². The van der Waals surface area contributed by atoms with Crippen LogP contribution in [0.25, 0.3) is 92.6 Å². The zero-order valence-electron chi connectivity index (χ0n) is 31.8. The van der Waals surface area contributed by atoms with Crippen molar-refractivity contribution in [1.82, 2.24) is 9.13 Å². The number of hydrogen-bond acceptors (Lipinski definition) is 1. The standard InChI is InChI=1S/C54H40N2S/c1-3-13-36(14-4-1)55-50-30-35(22-25-41(50)44-32-47-43(33-51(44)55)38-15-5-8-18-46(38)54(47)27-11-2-12-28-54)34-21-24-40-39-16-6-9-19-48(39)56(49(40)29-34)37-23-26-53-45(31-37)42-17-7-10-20-52(42)57-53/h1,3-8,10,13-18,20-26,29-33H,2,9,11-12,19,27-28H2. The van der Waals surface area contributed by atoms with Crippen molar-refractivity contribution < 1.29 is 0 Å². The van der Waals surface area contributed by atoms with E-state index < -0.39 is 0 Å². The molecule has 13 rings (SSSR count). The van der Waals surface area contributed by atoms with Gasteiger partial charge in [-0.1, -0.05) is 116 Å². The first-order valence-corrected chi connectivity index (χ1v) is 21.6. The maximum atomic E-state index is 2.60. The van der Waals surface area contributed by atoms with Crippen molar-refractivity contribution in [3.63, 3.8) is 0 Å². The molecule has 3 aliphatic rings. The summed E-state index contributed by atoms with van der Waals surface area (Å²) >= 11 is 1.89. The summed E-state index contributed by atoms with van der Waals surface area (Å²) in [7, 11) is 0. The molecule has 0 atom stereocenters. The number of fused-ring (bicyclic) bond motifs is 14. The van der Waals surface area contributed by atoms with Crippen LogP contribution >= 0.6 is 11.3 Å². The molecule has 3 aromatic heterocycles. The van der Waals surface area contributed by atoms with Gasteiger partial charge >= 0.3 is 0 Å². The molecule has 10 aromatic rings. The number of benzene rings is 7. The average molecular weight is 749 g/mol. The van der Waals surface area contributed by atoms with Gasteiger partial charge in [-0.05, 0) is 120 Å². The van der Waals surface area contributed by atoms with E-state index in [-0.39, 0.29) is 5.41 Å². The van der Waals surface area contributed by atoms with Crippen molar-refractivity contribution >= 4 is 70.3 Å². The Hall–Kier alpha value is -6.16. The van der Waals surface area contributed by atoms with Gasteiger partial charge in [-0.15, -0.1) is 11.3 Å². The van der Waals surface area contributed by atoms with Gasteiger partial charge in [0.1, 0.15) is 0 Å². The lowest BCUT2D eigenvalue weighted by molar-refractivity contribution is 0.353. The summed E-state index contributed by atoms with van der Waals surface area (Å²) in [5, 5.41) is 6.69. The van der Waals surface area contributed by atoms with Gasteiger partial charge in [0.2, 0.25) is 0 Å². The fourth-order valence-electron chi connectivity index (χ4n) is 11.2. The van der Waals surface area contributed by atoms with E-state index in [1.165, 1.54) is 130 Å². The van der Waals surface area contributed by atoms with Crippen LogP contribution in [0.4, 0.5) is 0 Å². The van der Waals surface area contributed by atoms with Crippen molar-refractivity contribution in [3.8, 4) is 33.6 Å². The lowest BCUT2D eigenvalue weighted by atomic mass is 9.68. The highest BCUT2D eigenvalue weighted by atomic mass is 32.1. The lowest BCUT2D eigenvalue weighted by Gasteiger charge is -2.36. The maximum Gasteiger partial charge on any atom is 0.0547 e. The Labute approximate surface area is 335 Å². The van der Waals surface area contributed by atoms with Crippen molar-refractivity contribution in [2.45, 2.75) is 50.4 Å². The number of para-hydroxylation sites is 1. The predicted molar refractivity (Wildman–Crippen MR) is 243 cm³/mol. The van der Waals surface area contributed by atoms with E-state index in [1.807, 2.05) is 11.3 Å². The Kier molecular flexibility index (Phi) is 6.69. The maximum absolute atomic E-state index is 2.60. The largest absolute Gasteiger partial charge is 0.313 e. The third-order valence-corrected chi connectivity index (χ3v) is 14.9. The molecule has 3 heteroatoms. The first kappa shape index (κ1) is 32.0. The number of thiophene rings is 1. The summed E-state index contributed by atoms with van der Waals surface area (Å²) in [6.45, 7) is 0. The normalized spacial score (nSPS) is 15.6. The average Bonchev–Trinajstić information content (AvgIpc) is 3.98. The second-order valence-corrected chi connectivity index (χ2v) is 17.7. The van der Waals surface area contributed by atoms with Crippen LogP contribution in [0.5, 0.6) is 0 Å². The minimum atomic E-state index is 0.124. The minimum absolute atomic E-state index is 0.124. The molecule has 0 bridgehead atoms. The van der Waals surface area contributed by atoms with Gasteiger partial charge < -0.3 is 9.13 Å². The van der Waals surface area contributed by atoms with Crippen LogP contribution in [0.15, 0.2) is 152 Å². The number of aromatic nitrogens is 2. The summed E-state index contributed by atoms with van der Waals surface area (Å²) in [5.74, 6) is 0. The molecule has 0 unspecified atom stereocenters. The van der Waals surface area contributed by atoms with Crippen LogP contribution in [-0.4, -0.2) is 9.13 Å². The Balaban J connectivity index is 1.03. The monoisotopic (exact) mass is 748 g/mol. The van der Waals surface area contributed by atoms with Gasteiger partial charge in [0.15, 0.2) is 0 Å². The van der Waals surface area contributed by atoms with Crippen molar-refractivity contribution in [3.05, 3.63) is 174 Å². The summed E-state index contributed by atoms with van der Waals surface area (Å²) < 4.78 is 7.77. The van der Waals surface area contributed by atoms with E-state index in [2.05, 4.69) is 167 Å². The van der Waals surface area contributed by atoms with Gasteiger partial charge in [0.25, 0.3) is 0 Å². The number of rotatable bonds is 3. The molecule has 57 heavy (non-hydrogen) atoms. The molecule has 0 aliphatic heterocycles. The van der Waals surface area contributed by atoms with E-state index in [0.29, 0.717) is 0 Å². The van der Waals surface area contributed by atoms with Crippen LogP contribution in [0, 0.1) is 0 Å². The minimum Gasteiger partial charge on any atom is -0.313 e. The highest BCUT2D eigenvalue weighted by Crippen LogP contribution is 2.57. The van der Waals surface area contributed by atoms with Gasteiger partial charge in [-0.25, -0.2) is 0 Å². The second-order valence-electron chi connectivity index (χ2n) is 16.7. The first-order chi connectivity index (χ1) is 28.2. The van der Waals surface area contributed by atoms with Gasteiger partial charge in [-0.3, -0.25) is 0 Å². The van der Waals surface area contributed by atoms with Crippen LogP contribution in [0.2, 0.25) is 0 Å². The first-order valence-electron chi connectivity index (χ1n) is 20.8. The Bertz CT molecular complexity index is 3330. The molecule has 3 aliphatic carbocycles. The Morgan fingerprint density at radius 2 is 1.21 bits per heavy atom. The molecule has 0 saturated heterocycles. The zero-order chi connectivity index (χ0) is 37.2. The van der Waals surface area contributed by atoms with Gasteiger partial charge in [0, 0.05) is 64.4 Å². The molecule has 3 heterocycles. The number of nitrogens with zero attached hydrogens (tertiary/aromatic N) is 2. The Morgan fingerprint density at radius 3 is 2.09 bits per heavy atom. The molecule has 272 valence electrons. The van der Waals surface area contributed by atoms with E-state index in [1.54, 1.807) is 11.1 Å². The van der Waals surface area contributed by atoms with Crippen LogP contribution in [-0.2, 0) is 11.8 Å². The molecule has 0 amide bonds. The predicted octanol–water partition coefficient (Wildman–Crippen LogP) is 15.0. The summed E-state index contributed by atoms with van der Waals surface area (Å²) in [6, 6.07) is 55.7. The third kappa shape index (κ3) is 4.46. The van der Waals surface area contributed by atoms with E-state index in [4.69, 9.17) is 0 Å². The Morgan fingerprint density at radius 1 is 0.474 bits per heavy atom. The molecule has 1 saturated carbocycles. The fourth-order valence-corrected chi connectivity index (χ4v) is 12.3. The lowest BCUT2D eigenvalue weighted by Crippen LogP contribution is -2.27. The van der Waals surface area contributed by atoms with Gasteiger partial charge in [0.05, 0.1) is 16.6 Å². The summed E-state index contributed by atoms with van der Waals surface area (Å²) in [5.41, 5.74) is 17.6. The molecule has 0 N–H and O–H groups in total.